The van der Waals surface area contributed by atoms with Crippen molar-refractivity contribution >= 4 is 20.8 Å². The van der Waals surface area contributed by atoms with E-state index in [-0.39, 0.29) is 6.42 Å². The van der Waals surface area contributed by atoms with Crippen LogP contribution in [-0.4, -0.2) is 32.4 Å². The predicted octanol–water partition coefficient (Wildman–Crippen LogP) is -0.736. The normalized spacial score (nSPS) is 15.2. The van der Waals surface area contributed by atoms with E-state index in [4.69, 9.17) is 4.55 Å². The molecule has 68 valence electrons. The fraction of sp³-hybridized carbons (Fsp3) is 1.00. The SMILES string of the molecule is CCC(CS(=O)(=O)O)[SH](=O)=O. The Balaban J connectivity index is 4.34. The van der Waals surface area contributed by atoms with Crippen LogP contribution in [0.25, 0.3) is 0 Å². The Kier molecular flexibility index (Phi) is 3.98. The van der Waals surface area contributed by atoms with Gasteiger partial charge in [-0.25, -0.2) is 8.42 Å². The molecule has 1 atom stereocenters. The molecule has 5 nitrogen and oxygen atoms in total. The monoisotopic (exact) mass is 202 g/mol. The molecule has 0 aromatic rings. The Labute approximate surface area is 67.1 Å². The fourth-order valence-electron chi connectivity index (χ4n) is 0.571. The highest BCUT2D eigenvalue weighted by atomic mass is 32.2. The van der Waals surface area contributed by atoms with Crippen molar-refractivity contribution in [2.45, 2.75) is 18.6 Å². The van der Waals surface area contributed by atoms with E-state index in [0.717, 1.165) is 0 Å². The minimum absolute atomic E-state index is 0.193. The topological polar surface area (TPSA) is 88.5 Å². The first kappa shape index (κ1) is 10.9. The molecule has 0 saturated carbocycles. The van der Waals surface area contributed by atoms with E-state index in [2.05, 4.69) is 0 Å². The zero-order chi connectivity index (χ0) is 9.07. The van der Waals surface area contributed by atoms with Gasteiger partial charge in [-0.15, -0.1) is 0 Å². The molecule has 0 bridgehead atoms. The summed E-state index contributed by atoms with van der Waals surface area (Å²) in [5, 5.41) is -0.972. The lowest BCUT2D eigenvalue weighted by molar-refractivity contribution is 0.480. The molecule has 0 rings (SSSR count). The minimum atomic E-state index is -4.16. The molecule has 0 heterocycles. The van der Waals surface area contributed by atoms with Gasteiger partial charge in [0.05, 0.1) is 11.0 Å². The fourth-order valence-corrected chi connectivity index (χ4v) is 2.64. The zero-order valence-electron chi connectivity index (χ0n) is 5.93. The first-order valence-corrected chi connectivity index (χ1v) is 5.81. The molecule has 0 aromatic carbocycles. The van der Waals surface area contributed by atoms with Crippen molar-refractivity contribution in [2.75, 3.05) is 5.75 Å². The largest absolute Gasteiger partial charge is 0.286 e. The molecule has 0 aliphatic carbocycles. The highest BCUT2D eigenvalue weighted by Gasteiger charge is 2.17. The summed E-state index contributed by atoms with van der Waals surface area (Å²) in [6.07, 6.45) is 0.193. The van der Waals surface area contributed by atoms with Crippen LogP contribution in [0.2, 0.25) is 0 Å². The molecule has 7 heteroatoms. The first-order chi connectivity index (χ1) is 4.87. The molecule has 0 radical (unpaired) electrons. The van der Waals surface area contributed by atoms with Crippen LogP contribution in [0.5, 0.6) is 0 Å². The van der Waals surface area contributed by atoms with Crippen LogP contribution in [0.4, 0.5) is 0 Å². The van der Waals surface area contributed by atoms with Crippen LogP contribution in [0.3, 0.4) is 0 Å². The van der Waals surface area contributed by atoms with Crippen LogP contribution < -0.4 is 0 Å². The van der Waals surface area contributed by atoms with E-state index >= 15 is 0 Å². The van der Waals surface area contributed by atoms with Gasteiger partial charge in [0.2, 0.25) is 0 Å². The van der Waals surface area contributed by atoms with Crippen molar-refractivity contribution in [3.63, 3.8) is 0 Å². The van der Waals surface area contributed by atoms with Crippen molar-refractivity contribution in [1.82, 2.24) is 0 Å². The number of thiol groups is 1. The maximum atomic E-state index is 10.3. The molecule has 0 aliphatic rings. The molecule has 0 fully saturated rings. The second-order valence-electron chi connectivity index (χ2n) is 2.10. The summed E-state index contributed by atoms with van der Waals surface area (Å²) in [6, 6.07) is 0. The van der Waals surface area contributed by atoms with Gasteiger partial charge in [0, 0.05) is 0 Å². The minimum Gasteiger partial charge on any atom is -0.286 e. The van der Waals surface area contributed by atoms with Gasteiger partial charge in [-0.2, -0.15) is 8.42 Å². The molecule has 0 amide bonds. The Bertz CT molecular complexity index is 267. The van der Waals surface area contributed by atoms with Gasteiger partial charge in [0.1, 0.15) is 10.7 Å². The summed E-state index contributed by atoms with van der Waals surface area (Å²) < 4.78 is 49.2. The summed E-state index contributed by atoms with van der Waals surface area (Å²) in [5.74, 6) is -0.706. The number of hydrogen-bond acceptors (Lipinski definition) is 4. The van der Waals surface area contributed by atoms with E-state index in [1.165, 1.54) is 0 Å². The van der Waals surface area contributed by atoms with Gasteiger partial charge < -0.3 is 0 Å². The van der Waals surface area contributed by atoms with Crippen molar-refractivity contribution in [2.24, 2.45) is 0 Å². The zero-order valence-corrected chi connectivity index (χ0v) is 7.64. The summed E-state index contributed by atoms with van der Waals surface area (Å²) in [6.45, 7) is 1.54. The van der Waals surface area contributed by atoms with Crippen LogP contribution in [0.1, 0.15) is 13.3 Å². The quantitative estimate of drug-likeness (QED) is 0.463. The Morgan fingerprint density at radius 3 is 2.00 bits per heavy atom. The lowest BCUT2D eigenvalue weighted by Gasteiger charge is -2.02. The average Bonchev–Trinajstić information content (AvgIpc) is 1.80. The van der Waals surface area contributed by atoms with Gasteiger partial charge in [0.15, 0.2) is 0 Å². The number of hydrogen-bond donors (Lipinski definition) is 2. The molecule has 1 unspecified atom stereocenters. The van der Waals surface area contributed by atoms with Crippen molar-refractivity contribution in [3.05, 3.63) is 0 Å². The summed E-state index contributed by atoms with van der Waals surface area (Å²) in [5.41, 5.74) is 0. The third-order valence-corrected chi connectivity index (χ3v) is 3.39. The van der Waals surface area contributed by atoms with E-state index in [1.807, 2.05) is 0 Å². The van der Waals surface area contributed by atoms with E-state index in [9.17, 15) is 16.8 Å². The average molecular weight is 202 g/mol. The lowest BCUT2D eigenvalue weighted by atomic mass is 10.4. The molecule has 0 saturated heterocycles. The Morgan fingerprint density at radius 2 is 1.91 bits per heavy atom. The maximum absolute atomic E-state index is 10.3. The lowest BCUT2D eigenvalue weighted by Crippen LogP contribution is -2.21. The Hall–Kier alpha value is -0.140. The van der Waals surface area contributed by atoms with E-state index < -0.39 is 31.8 Å². The van der Waals surface area contributed by atoms with Gasteiger partial charge in [-0.05, 0) is 6.42 Å². The van der Waals surface area contributed by atoms with Gasteiger partial charge in [0.25, 0.3) is 10.1 Å². The summed E-state index contributed by atoms with van der Waals surface area (Å²) in [7, 11) is -6.93. The van der Waals surface area contributed by atoms with Crippen molar-refractivity contribution < 1.29 is 21.4 Å². The van der Waals surface area contributed by atoms with Crippen LogP contribution in [-0.2, 0) is 20.8 Å². The van der Waals surface area contributed by atoms with Gasteiger partial charge in [-0.3, -0.25) is 4.55 Å². The molecule has 0 aromatic heterocycles. The molecular formula is C4H10O5S2. The van der Waals surface area contributed by atoms with Gasteiger partial charge >= 0.3 is 0 Å². The van der Waals surface area contributed by atoms with E-state index in [0.29, 0.717) is 0 Å². The molecule has 0 spiro atoms. The summed E-state index contributed by atoms with van der Waals surface area (Å²) >= 11 is 0. The van der Waals surface area contributed by atoms with Crippen LogP contribution >= 0.6 is 0 Å². The van der Waals surface area contributed by atoms with E-state index in [1.54, 1.807) is 6.92 Å². The molecule has 0 aliphatic heterocycles. The third-order valence-electron chi connectivity index (χ3n) is 1.17. The predicted molar refractivity (Wildman–Crippen MR) is 40.8 cm³/mol. The first-order valence-electron chi connectivity index (χ1n) is 2.95. The highest BCUT2D eigenvalue weighted by molar-refractivity contribution is 7.86. The molecule has 1 N–H and O–H groups in total. The summed E-state index contributed by atoms with van der Waals surface area (Å²) in [4.78, 5) is 0. The van der Waals surface area contributed by atoms with Crippen molar-refractivity contribution in [3.8, 4) is 0 Å². The Morgan fingerprint density at radius 1 is 1.45 bits per heavy atom. The number of rotatable bonds is 4. The third kappa shape index (κ3) is 5.16. The second-order valence-corrected chi connectivity index (χ2v) is 4.89. The highest BCUT2D eigenvalue weighted by Crippen LogP contribution is 1.99. The maximum Gasteiger partial charge on any atom is 0.266 e. The van der Waals surface area contributed by atoms with Gasteiger partial charge in [-0.1, -0.05) is 6.92 Å². The van der Waals surface area contributed by atoms with Crippen LogP contribution in [0, 0.1) is 0 Å². The smallest absolute Gasteiger partial charge is 0.266 e. The standard InChI is InChI=1S/C4H10O5S2/c1-2-4(10(5)6)3-11(7,8)9/h4,10H,2-3H2,1H3,(H,7,8,9). The van der Waals surface area contributed by atoms with Crippen LogP contribution in [0.15, 0.2) is 0 Å². The molecule has 11 heavy (non-hydrogen) atoms. The second kappa shape index (κ2) is 4.03. The molecular weight excluding hydrogens is 192 g/mol. The van der Waals surface area contributed by atoms with Crippen molar-refractivity contribution in [1.29, 1.82) is 0 Å².